The van der Waals surface area contributed by atoms with Crippen LogP contribution in [0.25, 0.3) is 10.8 Å². The number of halogens is 1. The maximum absolute atomic E-state index is 12.0. The van der Waals surface area contributed by atoms with E-state index in [-0.39, 0.29) is 19.3 Å². The molecule has 0 saturated heterocycles. The molecule has 0 N–H and O–H groups in total. The Morgan fingerprint density at radius 3 is 1.78 bits per heavy atom. The van der Waals surface area contributed by atoms with Crippen molar-refractivity contribution < 1.29 is 28.5 Å². The molecule has 0 spiro atoms. The summed E-state index contributed by atoms with van der Waals surface area (Å²) in [6.45, 7) is 11.8. The van der Waals surface area contributed by atoms with Gasteiger partial charge in [-0.05, 0) is 32.1 Å². The van der Waals surface area contributed by atoms with Crippen LogP contribution in [-0.2, 0) is 31.9 Å². The summed E-state index contributed by atoms with van der Waals surface area (Å²) in [5.41, 5.74) is 1.95. The summed E-state index contributed by atoms with van der Waals surface area (Å²) in [6.07, 6.45) is 12.2. The molecule has 222 valence electrons. The number of allylic oxidation sites excluding steroid dienone is 2. The standard InChI is InChI=1S/C34H43ClO6/c1-5-9-11-15-25(40-31(36)7-3)22-38-33-27-17-13-14-18-28(27)34(30-21-24(35)19-20-29(30)33)39-23-26(16-12-10-6-2)41-32(37)8-4/h7-8,13-14,17-19,25-26H,3-6,9-12,15-16,20-23H2,1-2H3. The van der Waals surface area contributed by atoms with Gasteiger partial charge in [-0.25, -0.2) is 9.59 Å². The Labute approximate surface area is 249 Å². The van der Waals surface area contributed by atoms with Gasteiger partial charge in [-0.2, -0.15) is 0 Å². The normalized spacial score (nSPS) is 13.9. The Balaban J connectivity index is 1.95. The van der Waals surface area contributed by atoms with Crippen LogP contribution in [0.3, 0.4) is 0 Å². The van der Waals surface area contributed by atoms with E-state index < -0.39 is 18.0 Å². The van der Waals surface area contributed by atoms with Crippen LogP contribution in [0.15, 0.2) is 60.7 Å². The molecule has 3 rings (SSSR count). The van der Waals surface area contributed by atoms with Crippen LogP contribution in [0.5, 0.6) is 11.5 Å². The number of carbonyl (C=O) groups is 2. The Bertz CT molecular complexity index is 1230. The molecule has 1 aliphatic carbocycles. The number of ether oxygens (including phenoxy) is 4. The number of unbranched alkanes of at least 4 members (excludes halogenated alkanes) is 4. The Kier molecular flexibility index (Phi) is 13.3. The van der Waals surface area contributed by atoms with Crippen LogP contribution in [0.1, 0.15) is 76.3 Å². The summed E-state index contributed by atoms with van der Waals surface area (Å²) in [7, 11) is 0. The number of rotatable bonds is 18. The van der Waals surface area contributed by atoms with E-state index in [0.717, 1.165) is 77.0 Å². The fourth-order valence-corrected chi connectivity index (χ4v) is 5.25. The molecule has 0 bridgehead atoms. The van der Waals surface area contributed by atoms with Gasteiger partial charge in [-0.3, -0.25) is 0 Å². The molecule has 0 radical (unpaired) electrons. The molecule has 0 aromatic heterocycles. The molecule has 0 amide bonds. The molecule has 2 aromatic rings. The average molecular weight is 583 g/mol. The minimum atomic E-state index is -0.456. The smallest absolute Gasteiger partial charge is 0.330 e. The first kappa shape index (κ1) is 32.3. The first-order chi connectivity index (χ1) is 19.9. The van der Waals surface area contributed by atoms with Crippen molar-refractivity contribution in [1.29, 1.82) is 0 Å². The van der Waals surface area contributed by atoms with E-state index in [1.165, 1.54) is 12.2 Å². The Hall–Kier alpha value is -3.25. The lowest BCUT2D eigenvalue weighted by Gasteiger charge is -2.27. The first-order valence-corrected chi connectivity index (χ1v) is 15.1. The van der Waals surface area contributed by atoms with E-state index in [1.54, 1.807) is 0 Å². The Morgan fingerprint density at radius 1 is 0.829 bits per heavy atom. The molecule has 2 atom stereocenters. The zero-order valence-electron chi connectivity index (χ0n) is 24.4. The molecular formula is C34H43ClO6. The molecule has 0 saturated carbocycles. The molecular weight excluding hydrogens is 540 g/mol. The molecule has 2 aromatic carbocycles. The second kappa shape index (κ2) is 16.9. The van der Waals surface area contributed by atoms with Gasteiger partial charge in [-0.15, -0.1) is 0 Å². The van der Waals surface area contributed by atoms with E-state index in [4.69, 9.17) is 30.5 Å². The van der Waals surface area contributed by atoms with E-state index in [2.05, 4.69) is 27.0 Å². The lowest BCUT2D eigenvalue weighted by atomic mass is 9.90. The second-order valence-corrected chi connectivity index (χ2v) is 10.8. The molecule has 0 aliphatic heterocycles. The minimum Gasteiger partial charge on any atom is -0.489 e. The van der Waals surface area contributed by atoms with Crippen LogP contribution >= 0.6 is 11.6 Å². The molecule has 0 fully saturated rings. The average Bonchev–Trinajstić information content (AvgIpc) is 2.98. The van der Waals surface area contributed by atoms with Crippen LogP contribution in [0, 0.1) is 0 Å². The summed E-state index contributed by atoms with van der Waals surface area (Å²) in [5, 5.41) is 2.53. The van der Waals surface area contributed by atoms with Crippen molar-refractivity contribution in [3.05, 3.63) is 71.8 Å². The maximum atomic E-state index is 12.0. The van der Waals surface area contributed by atoms with Crippen LogP contribution < -0.4 is 9.47 Å². The zero-order valence-corrected chi connectivity index (χ0v) is 25.2. The van der Waals surface area contributed by atoms with Crippen LogP contribution in [-0.4, -0.2) is 37.4 Å². The van der Waals surface area contributed by atoms with Gasteiger partial charge in [0.1, 0.15) is 36.9 Å². The quantitative estimate of drug-likeness (QED) is 0.100. The van der Waals surface area contributed by atoms with E-state index in [9.17, 15) is 9.59 Å². The number of benzene rings is 2. The maximum Gasteiger partial charge on any atom is 0.330 e. The first-order valence-electron chi connectivity index (χ1n) is 14.7. The number of esters is 2. The van der Waals surface area contributed by atoms with Gasteiger partial charge < -0.3 is 18.9 Å². The topological polar surface area (TPSA) is 71.1 Å². The van der Waals surface area contributed by atoms with Gasteiger partial charge >= 0.3 is 11.9 Å². The summed E-state index contributed by atoms with van der Waals surface area (Å²) >= 11 is 6.54. The molecule has 1 aliphatic rings. The van der Waals surface area contributed by atoms with Gasteiger partial charge in [0.15, 0.2) is 0 Å². The summed E-state index contributed by atoms with van der Waals surface area (Å²) in [5.74, 6) is 0.562. The van der Waals surface area contributed by atoms with Crippen molar-refractivity contribution >= 4 is 34.3 Å². The van der Waals surface area contributed by atoms with E-state index in [0.29, 0.717) is 25.7 Å². The third kappa shape index (κ3) is 9.39. The summed E-state index contributed by atoms with van der Waals surface area (Å²) in [6, 6.07) is 7.94. The highest BCUT2D eigenvalue weighted by Gasteiger charge is 2.26. The van der Waals surface area contributed by atoms with Crippen LogP contribution in [0.2, 0.25) is 0 Å². The number of hydrogen-bond donors (Lipinski definition) is 0. The van der Waals surface area contributed by atoms with Crippen molar-refractivity contribution in [2.45, 2.75) is 90.3 Å². The monoisotopic (exact) mass is 582 g/mol. The number of fused-ring (bicyclic) bond motifs is 2. The van der Waals surface area contributed by atoms with Gasteiger partial charge in [0.25, 0.3) is 0 Å². The summed E-state index contributed by atoms with van der Waals surface area (Å²) < 4.78 is 24.2. The van der Waals surface area contributed by atoms with Gasteiger partial charge in [0, 0.05) is 45.5 Å². The third-order valence-electron chi connectivity index (χ3n) is 7.19. The van der Waals surface area contributed by atoms with E-state index >= 15 is 0 Å². The van der Waals surface area contributed by atoms with Crippen molar-refractivity contribution in [2.24, 2.45) is 0 Å². The highest BCUT2D eigenvalue weighted by atomic mass is 35.5. The van der Waals surface area contributed by atoms with Crippen molar-refractivity contribution in [2.75, 3.05) is 13.2 Å². The second-order valence-electron chi connectivity index (χ2n) is 10.3. The lowest BCUT2D eigenvalue weighted by Crippen LogP contribution is -2.26. The fraction of sp³-hybridized carbons (Fsp3) is 0.471. The minimum absolute atomic E-state index is 0.221. The third-order valence-corrected chi connectivity index (χ3v) is 7.48. The lowest BCUT2D eigenvalue weighted by molar-refractivity contribution is -0.145. The molecule has 2 unspecified atom stereocenters. The van der Waals surface area contributed by atoms with Crippen molar-refractivity contribution in [3.63, 3.8) is 0 Å². The molecule has 7 heteroatoms. The van der Waals surface area contributed by atoms with Gasteiger partial charge in [0.05, 0.1) is 0 Å². The Morgan fingerprint density at radius 2 is 1.32 bits per heavy atom. The number of carbonyl (C=O) groups excluding carboxylic acids is 2. The molecule has 0 heterocycles. The van der Waals surface area contributed by atoms with Crippen LogP contribution in [0.4, 0.5) is 0 Å². The predicted molar refractivity (Wildman–Crippen MR) is 165 cm³/mol. The highest BCUT2D eigenvalue weighted by molar-refractivity contribution is 6.30. The molecule has 41 heavy (non-hydrogen) atoms. The number of hydrogen-bond acceptors (Lipinski definition) is 6. The largest absolute Gasteiger partial charge is 0.489 e. The summed E-state index contributed by atoms with van der Waals surface area (Å²) in [4.78, 5) is 24.0. The van der Waals surface area contributed by atoms with Gasteiger partial charge in [-0.1, -0.05) is 94.6 Å². The highest BCUT2D eigenvalue weighted by Crippen LogP contribution is 2.44. The SMILES string of the molecule is C=CC(=O)OC(CCCCC)COc1c2c(c(OCC(CCCCC)OC(=O)C=C)c3ccccc13)CC(Cl)=CC2. The zero-order chi connectivity index (χ0) is 29.6. The van der Waals surface area contributed by atoms with Gasteiger partial charge in [0.2, 0.25) is 0 Å². The van der Waals surface area contributed by atoms with Crippen molar-refractivity contribution in [3.8, 4) is 11.5 Å². The predicted octanol–water partition coefficient (Wildman–Crippen LogP) is 8.17. The van der Waals surface area contributed by atoms with Crippen molar-refractivity contribution in [1.82, 2.24) is 0 Å². The van der Waals surface area contributed by atoms with E-state index in [1.807, 2.05) is 30.3 Å². The fourth-order valence-electron chi connectivity index (χ4n) is 5.04. The molecule has 6 nitrogen and oxygen atoms in total.